The third-order valence-corrected chi connectivity index (χ3v) is 4.10. The average molecular weight is 290 g/mol. The first kappa shape index (κ1) is 13.3. The molecular weight excluding hydrogens is 274 g/mol. The van der Waals surface area contributed by atoms with Crippen molar-refractivity contribution >= 4 is 28.4 Å². The Balaban J connectivity index is 2.42. The fraction of sp³-hybridized carbons (Fsp3) is 0.333. The van der Waals surface area contributed by atoms with E-state index in [-0.39, 0.29) is 5.91 Å². The molecule has 5 heteroatoms. The van der Waals surface area contributed by atoms with Gasteiger partial charge in [0, 0.05) is 16.1 Å². The molecule has 1 heterocycles. The number of aromatic nitrogens is 1. The molecule has 1 aromatic carbocycles. The number of pyridine rings is 1. The molecule has 0 fully saturated rings. The van der Waals surface area contributed by atoms with E-state index >= 15 is 0 Å². The van der Waals surface area contributed by atoms with Crippen LogP contribution in [0.2, 0.25) is 5.02 Å². The number of fused-ring (bicyclic) bond motifs is 2. The third kappa shape index (κ3) is 2.05. The number of aryl methyl sites for hydroxylation is 2. The molecule has 1 aliphatic rings. The zero-order valence-electron chi connectivity index (χ0n) is 11.3. The third-order valence-electron chi connectivity index (χ3n) is 3.88. The number of amides is 1. The van der Waals surface area contributed by atoms with Crippen LogP contribution in [0.5, 0.6) is 0 Å². The lowest BCUT2D eigenvalue weighted by Crippen LogP contribution is -2.32. The second-order valence-corrected chi connectivity index (χ2v) is 5.65. The number of hydrazine groups is 1. The minimum Gasteiger partial charge on any atom is -0.290 e. The van der Waals surface area contributed by atoms with Crippen molar-refractivity contribution in [2.75, 3.05) is 0 Å². The molecule has 0 spiro atoms. The van der Waals surface area contributed by atoms with E-state index in [1.54, 1.807) is 6.07 Å². The molecule has 0 saturated carbocycles. The highest BCUT2D eigenvalue weighted by Crippen LogP contribution is 2.32. The first-order valence-corrected chi connectivity index (χ1v) is 7.12. The van der Waals surface area contributed by atoms with Crippen molar-refractivity contribution in [2.45, 2.75) is 32.6 Å². The minimum atomic E-state index is -0.266. The quantitative estimate of drug-likeness (QED) is 0.482. The van der Waals surface area contributed by atoms with Gasteiger partial charge in [-0.15, -0.1) is 0 Å². The van der Waals surface area contributed by atoms with Gasteiger partial charge in [-0.25, -0.2) is 5.84 Å². The molecule has 0 radical (unpaired) electrons. The second-order valence-electron chi connectivity index (χ2n) is 5.21. The molecule has 104 valence electrons. The van der Waals surface area contributed by atoms with Gasteiger partial charge in [0.1, 0.15) is 0 Å². The van der Waals surface area contributed by atoms with Crippen molar-refractivity contribution < 1.29 is 4.79 Å². The molecule has 4 nitrogen and oxygen atoms in total. The highest BCUT2D eigenvalue weighted by atomic mass is 35.5. The maximum atomic E-state index is 12.2. The van der Waals surface area contributed by atoms with Crippen molar-refractivity contribution in [2.24, 2.45) is 5.84 Å². The van der Waals surface area contributed by atoms with Crippen molar-refractivity contribution in [3.8, 4) is 0 Å². The van der Waals surface area contributed by atoms with Crippen molar-refractivity contribution in [1.29, 1.82) is 0 Å². The summed E-state index contributed by atoms with van der Waals surface area (Å²) < 4.78 is 0. The van der Waals surface area contributed by atoms with Crippen LogP contribution in [0.3, 0.4) is 0 Å². The molecule has 0 unspecified atom stereocenters. The number of carbonyl (C=O) groups excluding carboxylic acids is 1. The zero-order chi connectivity index (χ0) is 14.3. The summed E-state index contributed by atoms with van der Waals surface area (Å²) in [4.78, 5) is 17.0. The van der Waals surface area contributed by atoms with Crippen LogP contribution in [0.25, 0.3) is 10.9 Å². The van der Waals surface area contributed by atoms with E-state index in [0.717, 1.165) is 53.4 Å². The smallest absolute Gasteiger partial charge is 0.266 e. The maximum absolute atomic E-state index is 12.2. The Morgan fingerprint density at radius 3 is 2.85 bits per heavy atom. The lowest BCUT2D eigenvalue weighted by atomic mass is 9.89. The molecule has 0 aliphatic heterocycles. The summed E-state index contributed by atoms with van der Waals surface area (Å²) in [5.41, 5.74) is 6.75. The largest absolute Gasteiger partial charge is 0.290 e. The predicted octanol–water partition coefficient (Wildman–Crippen LogP) is 2.68. The van der Waals surface area contributed by atoms with Crippen molar-refractivity contribution in [1.82, 2.24) is 10.4 Å². The van der Waals surface area contributed by atoms with Crippen LogP contribution in [0.4, 0.5) is 0 Å². The Bertz CT molecular complexity index is 712. The van der Waals surface area contributed by atoms with Gasteiger partial charge < -0.3 is 0 Å². The Morgan fingerprint density at radius 1 is 1.35 bits per heavy atom. The monoisotopic (exact) mass is 289 g/mol. The van der Waals surface area contributed by atoms with Crippen LogP contribution < -0.4 is 11.3 Å². The molecule has 0 atom stereocenters. The molecule has 20 heavy (non-hydrogen) atoms. The van der Waals surface area contributed by atoms with E-state index in [4.69, 9.17) is 22.4 Å². The molecule has 1 aromatic heterocycles. The number of hydrogen-bond acceptors (Lipinski definition) is 3. The summed E-state index contributed by atoms with van der Waals surface area (Å²) in [5, 5.41) is 1.40. The second kappa shape index (κ2) is 5.04. The number of rotatable bonds is 1. The van der Waals surface area contributed by atoms with E-state index in [9.17, 15) is 4.79 Å². The molecule has 0 saturated heterocycles. The van der Waals surface area contributed by atoms with E-state index < -0.39 is 0 Å². The summed E-state index contributed by atoms with van der Waals surface area (Å²) in [6.07, 6.45) is 3.97. The highest BCUT2D eigenvalue weighted by Gasteiger charge is 2.23. The SMILES string of the molecule is Cc1cc(Cl)cc2c(C(=O)NN)c3c(nc12)CCCC3. The number of halogens is 1. The summed E-state index contributed by atoms with van der Waals surface area (Å²) in [5.74, 6) is 5.08. The van der Waals surface area contributed by atoms with Gasteiger partial charge >= 0.3 is 0 Å². The van der Waals surface area contributed by atoms with Crippen LogP contribution in [0.1, 0.15) is 40.0 Å². The molecular formula is C15H16ClN3O. The van der Waals surface area contributed by atoms with E-state index in [1.165, 1.54) is 0 Å². The average Bonchev–Trinajstić information content (AvgIpc) is 2.44. The lowest BCUT2D eigenvalue weighted by Gasteiger charge is -2.20. The molecule has 3 rings (SSSR count). The number of nitrogens with two attached hydrogens (primary N) is 1. The van der Waals surface area contributed by atoms with Gasteiger partial charge in [0.15, 0.2) is 0 Å². The summed E-state index contributed by atoms with van der Waals surface area (Å²) in [6.45, 7) is 1.96. The van der Waals surface area contributed by atoms with Crippen LogP contribution in [-0.4, -0.2) is 10.9 Å². The fourth-order valence-corrected chi connectivity index (χ4v) is 3.26. The molecule has 2 aromatic rings. The molecule has 1 amide bonds. The van der Waals surface area contributed by atoms with E-state index in [0.29, 0.717) is 10.6 Å². The Morgan fingerprint density at radius 2 is 2.10 bits per heavy atom. The summed E-state index contributed by atoms with van der Waals surface area (Å²) >= 11 is 6.14. The topological polar surface area (TPSA) is 68.0 Å². The van der Waals surface area contributed by atoms with Gasteiger partial charge in [0.05, 0.1) is 11.1 Å². The lowest BCUT2D eigenvalue weighted by molar-refractivity contribution is 0.0954. The first-order chi connectivity index (χ1) is 9.61. The van der Waals surface area contributed by atoms with E-state index in [1.807, 2.05) is 13.0 Å². The van der Waals surface area contributed by atoms with Gasteiger partial charge in [-0.2, -0.15) is 0 Å². The summed E-state index contributed by atoms with van der Waals surface area (Å²) in [6, 6.07) is 3.67. The number of carbonyl (C=O) groups is 1. The maximum Gasteiger partial charge on any atom is 0.266 e. The van der Waals surface area contributed by atoms with E-state index in [2.05, 4.69) is 5.43 Å². The van der Waals surface area contributed by atoms with Crippen LogP contribution in [0, 0.1) is 6.92 Å². The highest BCUT2D eigenvalue weighted by molar-refractivity contribution is 6.31. The Kier molecular flexibility index (Phi) is 3.36. The Labute approximate surface area is 122 Å². The first-order valence-electron chi connectivity index (χ1n) is 6.74. The zero-order valence-corrected chi connectivity index (χ0v) is 12.0. The summed E-state index contributed by atoms with van der Waals surface area (Å²) in [7, 11) is 0. The number of nitrogen functional groups attached to an aromatic ring is 1. The van der Waals surface area contributed by atoms with Gasteiger partial charge in [-0.1, -0.05) is 11.6 Å². The minimum absolute atomic E-state index is 0.266. The number of hydrogen-bond donors (Lipinski definition) is 2. The van der Waals surface area contributed by atoms with Crippen LogP contribution in [-0.2, 0) is 12.8 Å². The van der Waals surface area contributed by atoms with Crippen LogP contribution in [0.15, 0.2) is 12.1 Å². The van der Waals surface area contributed by atoms with Crippen molar-refractivity contribution in [3.63, 3.8) is 0 Å². The van der Waals surface area contributed by atoms with Gasteiger partial charge in [0.2, 0.25) is 0 Å². The number of nitrogens with zero attached hydrogens (tertiary/aromatic N) is 1. The Hall–Kier alpha value is -1.65. The van der Waals surface area contributed by atoms with Crippen LogP contribution >= 0.6 is 11.6 Å². The number of benzene rings is 1. The standard InChI is InChI=1S/C15H16ClN3O/c1-8-6-9(16)7-11-13(15(20)19-17)10-4-2-3-5-12(10)18-14(8)11/h6-7H,2-5,17H2,1H3,(H,19,20). The predicted molar refractivity (Wildman–Crippen MR) is 79.8 cm³/mol. The van der Waals surface area contributed by atoms with Crippen molar-refractivity contribution in [3.05, 3.63) is 39.5 Å². The van der Waals surface area contributed by atoms with Gasteiger partial charge in [0.25, 0.3) is 5.91 Å². The van der Waals surface area contributed by atoms with Gasteiger partial charge in [-0.05, 0) is 55.9 Å². The van der Waals surface area contributed by atoms with Gasteiger partial charge in [-0.3, -0.25) is 15.2 Å². The fourth-order valence-electron chi connectivity index (χ4n) is 2.99. The molecule has 1 aliphatic carbocycles. The molecule has 0 bridgehead atoms. The molecule has 3 N–H and O–H groups in total. The number of nitrogens with one attached hydrogen (secondary N) is 1. The normalized spacial score (nSPS) is 14.2.